The van der Waals surface area contributed by atoms with Gasteiger partial charge in [-0.3, -0.25) is 9.59 Å². The standard InChI is InChI=1S/C30H36O4/c1-20(2)7-11-24-19-26(27(32)14-10-23-8-12-25(31)13-9-23)29(34)30(28(24)33,17-15-21(3)4)18-16-22(5)6/h7-10,12-16,19,31-32H,11,17-18H2,1-6H3/b14-10+,27-26-. The van der Waals surface area contributed by atoms with Gasteiger partial charge >= 0.3 is 0 Å². The van der Waals surface area contributed by atoms with Gasteiger partial charge in [0, 0.05) is 5.57 Å². The zero-order valence-corrected chi connectivity index (χ0v) is 21.1. The van der Waals surface area contributed by atoms with Crippen LogP contribution in [-0.4, -0.2) is 21.8 Å². The smallest absolute Gasteiger partial charge is 0.181 e. The van der Waals surface area contributed by atoms with Crippen LogP contribution >= 0.6 is 0 Å². The summed E-state index contributed by atoms with van der Waals surface area (Å²) in [6.07, 6.45) is 11.5. The van der Waals surface area contributed by atoms with Crippen molar-refractivity contribution in [3.8, 4) is 5.75 Å². The van der Waals surface area contributed by atoms with Crippen LogP contribution in [0.5, 0.6) is 5.75 Å². The average Bonchev–Trinajstić information content (AvgIpc) is 2.77. The molecule has 0 aliphatic heterocycles. The van der Waals surface area contributed by atoms with Gasteiger partial charge in [-0.05, 0) is 90.7 Å². The molecule has 1 aromatic rings. The zero-order chi connectivity index (χ0) is 25.5. The van der Waals surface area contributed by atoms with E-state index in [0.717, 1.165) is 22.3 Å². The molecule has 180 valence electrons. The van der Waals surface area contributed by atoms with Gasteiger partial charge < -0.3 is 10.2 Å². The lowest BCUT2D eigenvalue weighted by Crippen LogP contribution is -2.43. The molecule has 4 heteroatoms. The number of hydrogen-bond donors (Lipinski definition) is 2. The van der Waals surface area contributed by atoms with E-state index in [1.807, 2.05) is 59.8 Å². The van der Waals surface area contributed by atoms with Gasteiger partial charge in [0.15, 0.2) is 11.6 Å². The van der Waals surface area contributed by atoms with E-state index in [2.05, 4.69) is 0 Å². The van der Waals surface area contributed by atoms with Gasteiger partial charge in [0.05, 0.1) is 5.57 Å². The number of hydrogen-bond acceptors (Lipinski definition) is 4. The minimum Gasteiger partial charge on any atom is -0.508 e. The molecule has 0 aromatic heterocycles. The fourth-order valence-electron chi connectivity index (χ4n) is 3.69. The topological polar surface area (TPSA) is 74.6 Å². The van der Waals surface area contributed by atoms with Gasteiger partial charge in [-0.2, -0.15) is 0 Å². The predicted molar refractivity (Wildman–Crippen MR) is 139 cm³/mol. The number of rotatable bonds is 8. The number of ketones is 2. The van der Waals surface area contributed by atoms with E-state index in [4.69, 9.17) is 0 Å². The van der Waals surface area contributed by atoms with Crippen molar-refractivity contribution in [1.82, 2.24) is 0 Å². The van der Waals surface area contributed by atoms with Crippen LogP contribution in [0, 0.1) is 5.41 Å². The Morgan fingerprint density at radius 2 is 1.35 bits per heavy atom. The summed E-state index contributed by atoms with van der Waals surface area (Å²) in [5, 5.41) is 20.4. The first-order valence-electron chi connectivity index (χ1n) is 11.6. The quantitative estimate of drug-likeness (QED) is 0.184. The molecule has 0 saturated carbocycles. The summed E-state index contributed by atoms with van der Waals surface area (Å²) in [5.74, 6) is -0.569. The molecular formula is C30H36O4. The maximum Gasteiger partial charge on any atom is 0.181 e. The normalized spacial score (nSPS) is 16.7. The van der Waals surface area contributed by atoms with Crippen molar-refractivity contribution < 1.29 is 19.8 Å². The highest BCUT2D eigenvalue weighted by molar-refractivity contribution is 6.24. The van der Waals surface area contributed by atoms with Gasteiger partial charge in [0.1, 0.15) is 16.9 Å². The summed E-state index contributed by atoms with van der Waals surface area (Å²) in [5.41, 5.74) is 3.27. The van der Waals surface area contributed by atoms with Crippen LogP contribution in [0.2, 0.25) is 0 Å². The number of carbonyl (C=O) groups is 2. The molecule has 0 unspecified atom stereocenters. The lowest BCUT2D eigenvalue weighted by Gasteiger charge is -2.34. The number of aromatic hydroxyl groups is 1. The number of aliphatic hydroxyl groups excluding tert-OH is 1. The molecule has 34 heavy (non-hydrogen) atoms. The molecule has 1 aromatic carbocycles. The van der Waals surface area contributed by atoms with Crippen molar-refractivity contribution >= 4 is 17.6 Å². The number of aliphatic hydroxyl groups is 1. The van der Waals surface area contributed by atoms with Crippen molar-refractivity contribution in [3.63, 3.8) is 0 Å². The number of benzene rings is 1. The first-order chi connectivity index (χ1) is 16.0. The third-order valence-electron chi connectivity index (χ3n) is 5.77. The Morgan fingerprint density at radius 1 is 0.824 bits per heavy atom. The Labute approximate surface area is 203 Å². The van der Waals surface area contributed by atoms with Crippen LogP contribution in [0.25, 0.3) is 6.08 Å². The second-order valence-corrected chi connectivity index (χ2v) is 9.59. The first-order valence-corrected chi connectivity index (χ1v) is 11.6. The summed E-state index contributed by atoms with van der Waals surface area (Å²) in [4.78, 5) is 27.6. The van der Waals surface area contributed by atoms with Gasteiger partial charge in [0.25, 0.3) is 0 Å². The molecule has 0 fully saturated rings. The van der Waals surface area contributed by atoms with Gasteiger partial charge in [-0.1, -0.05) is 53.2 Å². The zero-order valence-electron chi connectivity index (χ0n) is 21.1. The Balaban J connectivity index is 2.68. The maximum absolute atomic E-state index is 13.8. The molecule has 1 aliphatic rings. The van der Waals surface area contributed by atoms with Crippen LogP contribution in [0.3, 0.4) is 0 Å². The molecular weight excluding hydrogens is 424 g/mol. The van der Waals surface area contributed by atoms with Crippen LogP contribution in [0.1, 0.15) is 66.4 Å². The lowest BCUT2D eigenvalue weighted by atomic mass is 9.65. The molecule has 0 bridgehead atoms. The van der Waals surface area contributed by atoms with Crippen LogP contribution in [0.15, 0.2) is 88.3 Å². The number of phenols is 1. The van der Waals surface area contributed by atoms with Gasteiger partial charge in [-0.15, -0.1) is 0 Å². The van der Waals surface area contributed by atoms with E-state index < -0.39 is 5.41 Å². The monoisotopic (exact) mass is 460 g/mol. The van der Waals surface area contributed by atoms with Gasteiger partial charge in [0.2, 0.25) is 0 Å². The number of carbonyl (C=O) groups excluding carboxylic acids is 2. The minimum absolute atomic E-state index is 0.149. The second-order valence-electron chi connectivity index (χ2n) is 9.59. The molecule has 0 amide bonds. The van der Waals surface area contributed by atoms with Crippen molar-refractivity contribution in [2.24, 2.45) is 5.41 Å². The van der Waals surface area contributed by atoms with Crippen LogP contribution in [-0.2, 0) is 9.59 Å². The fourth-order valence-corrected chi connectivity index (χ4v) is 3.69. The third-order valence-corrected chi connectivity index (χ3v) is 5.77. The van der Waals surface area contributed by atoms with Gasteiger partial charge in [-0.25, -0.2) is 0 Å². The van der Waals surface area contributed by atoms with Crippen LogP contribution < -0.4 is 0 Å². The van der Waals surface area contributed by atoms with Crippen molar-refractivity contribution in [3.05, 3.63) is 93.8 Å². The molecule has 2 N–H and O–H groups in total. The average molecular weight is 461 g/mol. The van der Waals surface area contributed by atoms with E-state index in [0.29, 0.717) is 12.0 Å². The second kappa shape index (κ2) is 11.6. The van der Waals surface area contributed by atoms with E-state index in [9.17, 15) is 19.8 Å². The molecule has 1 aliphatic carbocycles. The largest absolute Gasteiger partial charge is 0.508 e. The van der Waals surface area contributed by atoms with E-state index >= 15 is 0 Å². The predicted octanol–water partition coefficient (Wildman–Crippen LogP) is 7.35. The molecule has 0 radical (unpaired) electrons. The summed E-state index contributed by atoms with van der Waals surface area (Å²) in [7, 11) is 0. The van der Waals surface area contributed by atoms with E-state index in [1.54, 1.807) is 36.4 Å². The molecule has 0 saturated heterocycles. The SMILES string of the molecule is CC(C)=CCC1=C/C(=C(O)\C=C\c2ccc(O)cc2)C(=O)C(CC=C(C)C)(CC=C(C)C)C1=O. The van der Waals surface area contributed by atoms with Crippen molar-refractivity contribution in [2.75, 3.05) is 0 Å². The number of Topliss-reactive ketones (excluding diaryl/α,β-unsaturated/α-hetero) is 2. The maximum atomic E-state index is 13.8. The Hall–Kier alpha value is -3.40. The van der Waals surface area contributed by atoms with Crippen molar-refractivity contribution in [2.45, 2.75) is 60.8 Å². The summed E-state index contributed by atoms with van der Waals surface area (Å²) in [6.45, 7) is 11.7. The molecule has 2 rings (SSSR count). The van der Waals surface area contributed by atoms with Crippen LogP contribution in [0.4, 0.5) is 0 Å². The highest BCUT2D eigenvalue weighted by Gasteiger charge is 2.49. The summed E-state index contributed by atoms with van der Waals surface area (Å²) in [6, 6.07) is 6.52. The van der Waals surface area contributed by atoms with Crippen molar-refractivity contribution in [1.29, 1.82) is 0 Å². The van der Waals surface area contributed by atoms with E-state index in [-0.39, 0.29) is 41.5 Å². The molecule has 0 heterocycles. The third kappa shape index (κ3) is 6.80. The number of phenolic OH excluding ortho intramolecular Hbond substituents is 1. The first kappa shape index (κ1) is 26.8. The highest BCUT2D eigenvalue weighted by Crippen LogP contribution is 2.42. The Morgan fingerprint density at radius 3 is 1.85 bits per heavy atom. The molecule has 0 spiro atoms. The highest BCUT2D eigenvalue weighted by atomic mass is 16.3. The Bertz CT molecular complexity index is 1090. The Kier molecular flexibility index (Phi) is 9.19. The summed E-state index contributed by atoms with van der Waals surface area (Å²) < 4.78 is 0. The van der Waals surface area contributed by atoms with E-state index in [1.165, 1.54) is 6.08 Å². The summed E-state index contributed by atoms with van der Waals surface area (Å²) >= 11 is 0. The molecule has 0 atom stereocenters. The molecule has 4 nitrogen and oxygen atoms in total. The number of allylic oxidation sites excluding steroid dienone is 10. The lowest BCUT2D eigenvalue weighted by molar-refractivity contribution is -0.136. The minimum atomic E-state index is -1.29. The fraction of sp³-hybridized carbons (Fsp3) is 0.333.